The molecule has 0 N–H and O–H groups in total. The molecular weight excluding hydrogens is 392 g/mol. The maximum atomic E-state index is 13.3. The van der Waals surface area contributed by atoms with E-state index >= 15 is 0 Å². The molecule has 3 atom stereocenters. The molecule has 31 heavy (non-hydrogen) atoms. The highest BCUT2D eigenvalue weighted by atomic mass is 16.6. The number of rotatable bonds is 3. The number of fused-ring (bicyclic) bond motifs is 3. The van der Waals surface area contributed by atoms with Crippen LogP contribution in [-0.4, -0.2) is 29.4 Å². The summed E-state index contributed by atoms with van der Waals surface area (Å²) in [6, 6.07) is 18.7. The predicted octanol–water partition coefficient (Wildman–Crippen LogP) is 4.13. The largest absolute Gasteiger partial charge is 0.444 e. The number of piperidine rings is 1. The number of para-hydroxylation sites is 1. The van der Waals surface area contributed by atoms with Crippen molar-refractivity contribution < 1.29 is 19.1 Å². The smallest absolute Gasteiger partial charge is 0.414 e. The number of hydrogen-bond donors (Lipinski definition) is 0. The number of anilines is 1. The zero-order valence-corrected chi connectivity index (χ0v) is 17.1. The normalized spacial score (nSPS) is 25.0. The van der Waals surface area contributed by atoms with Gasteiger partial charge in [0, 0.05) is 18.2 Å². The average molecular weight is 416 g/mol. The molecule has 0 spiro atoms. The third kappa shape index (κ3) is 3.42. The number of imide groups is 1. The van der Waals surface area contributed by atoms with E-state index in [2.05, 4.69) is 0 Å². The van der Waals surface area contributed by atoms with Crippen LogP contribution < -0.4 is 4.90 Å². The predicted molar refractivity (Wildman–Crippen MR) is 115 cm³/mol. The van der Waals surface area contributed by atoms with Gasteiger partial charge in [0.1, 0.15) is 6.61 Å². The number of carbonyl (C=O) groups is 3. The molecule has 2 saturated heterocycles. The lowest BCUT2D eigenvalue weighted by Gasteiger charge is -2.40. The molecule has 2 heterocycles. The molecule has 0 saturated carbocycles. The molecule has 6 heteroatoms. The van der Waals surface area contributed by atoms with Gasteiger partial charge in [0.2, 0.25) is 11.8 Å². The number of allylic oxidation sites excluding steroid dienone is 2. The minimum absolute atomic E-state index is 0.137. The van der Waals surface area contributed by atoms with Gasteiger partial charge in [0.15, 0.2) is 0 Å². The molecule has 0 unspecified atom stereocenters. The molecule has 3 aliphatic rings. The van der Waals surface area contributed by atoms with E-state index in [4.69, 9.17) is 4.74 Å². The monoisotopic (exact) mass is 416 g/mol. The van der Waals surface area contributed by atoms with Crippen molar-refractivity contribution in [3.8, 4) is 0 Å². The highest BCUT2D eigenvalue weighted by molar-refractivity contribution is 6.22. The Hall–Kier alpha value is -3.41. The van der Waals surface area contributed by atoms with Gasteiger partial charge in [-0.05, 0) is 37.0 Å². The van der Waals surface area contributed by atoms with Gasteiger partial charge < -0.3 is 4.74 Å². The lowest BCUT2D eigenvalue weighted by atomic mass is 9.72. The average Bonchev–Trinajstić information content (AvgIpc) is 3.08. The van der Waals surface area contributed by atoms with Crippen LogP contribution in [0.1, 0.15) is 24.8 Å². The van der Waals surface area contributed by atoms with E-state index in [0.29, 0.717) is 18.7 Å². The van der Waals surface area contributed by atoms with E-state index in [0.717, 1.165) is 24.1 Å². The van der Waals surface area contributed by atoms with Crippen molar-refractivity contribution in [2.75, 3.05) is 11.4 Å². The van der Waals surface area contributed by atoms with Gasteiger partial charge in [-0.3, -0.25) is 19.4 Å². The van der Waals surface area contributed by atoms with Crippen LogP contribution in [0.4, 0.5) is 10.5 Å². The van der Waals surface area contributed by atoms with Crippen molar-refractivity contribution in [2.45, 2.75) is 25.9 Å². The lowest BCUT2D eigenvalue weighted by Crippen LogP contribution is -2.44. The van der Waals surface area contributed by atoms with Crippen molar-refractivity contribution in [1.82, 2.24) is 4.90 Å². The van der Waals surface area contributed by atoms with Gasteiger partial charge in [-0.15, -0.1) is 0 Å². The topological polar surface area (TPSA) is 66.9 Å². The molecule has 5 rings (SSSR count). The summed E-state index contributed by atoms with van der Waals surface area (Å²) in [5.74, 6) is -1.21. The Bertz CT molecular complexity index is 1030. The van der Waals surface area contributed by atoms with E-state index in [1.165, 1.54) is 4.90 Å². The van der Waals surface area contributed by atoms with Crippen molar-refractivity contribution in [3.63, 3.8) is 0 Å². The van der Waals surface area contributed by atoms with Crippen molar-refractivity contribution in [1.29, 1.82) is 0 Å². The number of hydrogen-bond acceptors (Lipinski definition) is 4. The number of benzene rings is 2. The molecule has 2 fully saturated rings. The Morgan fingerprint density at radius 2 is 1.65 bits per heavy atom. The summed E-state index contributed by atoms with van der Waals surface area (Å²) in [7, 11) is 0. The summed E-state index contributed by atoms with van der Waals surface area (Å²) < 4.78 is 5.55. The molecular formula is C25H24N2O4. The van der Waals surface area contributed by atoms with Gasteiger partial charge in [-0.25, -0.2) is 4.79 Å². The van der Waals surface area contributed by atoms with E-state index in [1.807, 2.05) is 54.6 Å². The standard InChI is InChI=1S/C25H24N2O4/c28-23-20-13-14-21-19(22(20)24(29)27(23)18-10-5-2-6-11-18)12-7-15-26(21)25(30)31-16-17-8-3-1-4-9-17/h1-6,8-11,14,19-20,22H,7,12-13,15-16H2/t19-,20+,22-/m1/s1. The molecule has 2 aliphatic heterocycles. The number of ether oxygens (including phenoxy) is 1. The lowest BCUT2D eigenvalue weighted by molar-refractivity contribution is -0.123. The van der Waals surface area contributed by atoms with E-state index in [-0.39, 0.29) is 30.3 Å². The van der Waals surface area contributed by atoms with Gasteiger partial charge in [0.25, 0.3) is 0 Å². The fraction of sp³-hybridized carbons (Fsp3) is 0.320. The molecule has 3 amide bonds. The first-order valence-corrected chi connectivity index (χ1v) is 10.8. The van der Waals surface area contributed by atoms with Crippen LogP contribution in [0.3, 0.4) is 0 Å². The third-order valence-corrected chi connectivity index (χ3v) is 6.52. The molecule has 1 aliphatic carbocycles. The van der Waals surface area contributed by atoms with Crippen LogP contribution in [0.2, 0.25) is 0 Å². The van der Waals surface area contributed by atoms with Gasteiger partial charge in [0.05, 0.1) is 17.5 Å². The first kappa shape index (κ1) is 19.5. The first-order chi connectivity index (χ1) is 15.1. The molecule has 0 radical (unpaired) electrons. The Morgan fingerprint density at radius 1 is 0.935 bits per heavy atom. The Morgan fingerprint density at radius 3 is 2.39 bits per heavy atom. The van der Waals surface area contributed by atoms with Crippen LogP contribution in [0.25, 0.3) is 0 Å². The van der Waals surface area contributed by atoms with Gasteiger partial charge >= 0.3 is 6.09 Å². The van der Waals surface area contributed by atoms with Crippen molar-refractivity contribution in [3.05, 3.63) is 78.0 Å². The van der Waals surface area contributed by atoms with E-state index in [1.54, 1.807) is 17.0 Å². The fourth-order valence-corrected chi connectivity index (χ4v) is 5.09. The highest BCUT2D eigenvalue weighted by Crippen LogP contribution is 2.47. The van der Waals surface area contributed by atoms with E-state index < -0.39 is 12.0 Å². The minimum atomic E-state index is -0.419. The number of likely N-dealkylation sites (tertiary alicyclic amines) is 1. The van der Waals surface area contributed by atoms with Crippen LogP contribution in [0, 0.1) is 17.8 Å². The molecule has 2 aromatic carbocycles. The summed E-state index contributed by atoms with van der Waals surface area (Å²) in [4.78, 5) is 42.3. The van der Waals surface area contributed by atoms with Crippen molar-refractivity contribution >= 4 is 23.6 Å². The SMILES string of the molecule is O=C(OCc1ccccc1)N1CCC[C@@H]2C1=CC[C@@H]1C(=O)N(c3ccccc3)C(=O)[C@@H]12. The number of carbonyl (C=O) groups excluding carboxylic acids is 3. The molecule has 6 nitrogen and oxygen atoms in total. The zero-order valence-electron chi connectivity index (χ0n) is 17.1. The quantitative estimate of drug-likeness (QED) is 0.706. The minimum Gasteiger partial charge on any atom is -0.444 e. The zero-order chi connectivity index (χ0) is 21.4. The number of nitrogens with zero attached hydrogens (tertiary/aromatic N) is 2. The van der Waals surface area contributed by atoms with Crippen LogP contribution >= 0.6 is 0 Å². The summed E-state index contributed by atoms with van der Waals surface area (Å²) >= 11 is 0. The number of amides is 3. The second-order valence-corrected chi connectivity index (χ2v) is 8.28. The second-order valence-electron chi connectivity index (χ2n) is 8.28. The Kier molecular flexibility index (Phi) is 5.06. The van der Waals surface area contributed by atoms with Gasteiger partial charge in [-0.1, -0.05) is 54.6 Å². The maximum absolute atomic E-state index is 13.3. The van der Waals surface area contributed by atoms with Crippen LogP contribution in [0.15, 0.2) is 72.4 Å². The molecule has 0 bridgehead atoms. The van der Waals surface area contributed by atoms with Crippen LogP contribution in [0.5, 0.6) is 0 Å². The first-order valence-electron chi connectivity index (χ1n) is 10.8. The summed E-state index contributed by atoms with van der Waals surface area (Å²) in [5.41, 5.74) is 2.38. The second kappa shape index (κ2) is 8.02. The van der Waals surface area contributed by atoms with E-state index in [9.17, 15) is 14.4 Å². The summed E-state index contributed by atoms with van der Waals surface area (Å²) in [6.07, 6.45) is 3.60. The molecule has 158 valence electrons. The summed E-state index contributed by atoms with van der Waals surface area (Å²) in [5, 5.41) is 0. The van der Waals surface area contributed by atoms with Gasteiger partial charge in [-0.2, -0.15) is 0 Å². The molecule has 0 aromatic heterocycles. The Balaban J connectivity index is 1.35. The summed E-state index contributed by atoms with van der Waals surface area (Å²) in [6.45, 7) is 0.775. The Labute approximate surface area is 181 Å². The highest BCUT2D eigenvalue weighted by Gasteiger charge is 2.54. The third-order valence-electron chi connectivity index (χ3n) is 6.52. The molecule has 2 aromatic rings. The fourth-order valence-electron chi connectivity index (χ4n) is 5.09. The maximum Gasteiger partial charge on any atom is 0.414 e. The van der Waals surface area contributed by atoms with Crippen molar-refractivity contribution in [2.24, 2.45) is 17.8 Å². The van der Waals surface area contributed by atoms with Crippen LogP contribution in [-0.2, 0) is 20.9 Å².